The summed E-state index contributed by atoms with van der Waals surface area (Å²) in [4.78, 5) is 51.3. The van der Waals surface area contributed by atoms with Gasteiger partial charge in [-0.3, -0.25) is 19.3 Å². The molecule has 1 N–H and O–H groups in total. The van der Waals surface area contributed by atoms with Crippen LogP contribution in [-0.2, 0) is 9.59 Å². The molecule has 0 aliphatic carbocycles. The van der Waals surface area contributed by atoms with Crippen LogP contribution < -0.4 is 14.8 Å². The maximum atomic E-state index is 12.9. The number of carbonyl (C=O) groups excluding carboxylic acids is 4. The minimum absolute atomic E-state index is 0.149. The Kier molecular flexibility index (Phi) is 8.52. The molecule has 0 saturated carbocycles. The number of halogens is 2. The van der Waals surface area contributed by atoms with Crippen molar-refractivity contribution in [2.75, 3.05) is 19.0 Å². The number of anilines is 1. The first kappa shape index (κ1) is 26.7. The van der Waals surface area contributed by atoms with Crippen LogP contribution in [-0.4, -0.2) is 41.6 Å². The molecule has 0 spiro atoms. The van der Waals surface area contributed by atoms with Crippen LogP contribution >= 0.6 is 46.0 Å². The van der Waals surface area contributed by atoms with Crippen molar-refractivity contribution < 1.29 is 28.7 Å². The third-order valence-corrected chi connectivity index (χ3v) is 7.11. The molecule has 188 valence electrons. The summed E-state index contributed by atoms with van der Waals surface area (Å²) in [7, 11) is 1.42. The van der Waals surface area contributed by atoms with Crippen molar-refractivity contribution in [3.8, 4) is 11.5 Å². The summed E-state index contributed by atoms with van der Waals surface area (Å²) < 4.78 is 11.5. The number of hydrogen-bond donors (Lipinski definition) is 1. The summed E-state index contributed by atoms with van der Waals surface area (Å²) in [5.74, 6) is -1.28. The molecular weight excluding hydrogens is 631 g/mol. The van der Waals surface area contributed by atoms with Crippen LogP contribution in [0.15, 0.2) is 71.6 Å². The molecule has 3 aromatic carbocycles. The van der Waals surface area contributed by atoms with E-state index in [2.05, 4.69) is 5.32 Å². The second kappa shape index (κ2) is 11.8. The first-order chi connectivity index (χ1) is 17.8. The highest BCUT2D eigenvalue weighted by Crippen LogP contribution is 2.38. The van der Waals surface area contributed by atoms with Crippen molar-refractivity contribution in [1.82, 2.24) is 4.90 Å². The van der Waals surface area contributed by atoms with Gasteiger partial charge in [0.2, 0.25) is 5.91 Å². The zero-order chi connectivity index (χ0) is 26.5. The molecule has 37 heavy (non-hydrogen) atoms. The third-order valence-electron chi connectivity index (χ3n) is 5.07. The molecule has 3 aromatic rings. The lowest BCUT2D eigenvalue weighted by Crippen LogP contribution is -2.36. The van der Waals surface area contributed by atoms with Gasteiger partial charge in [-0.25, -0.2) is 4.79 Å². The Hall–Kier alpha value is -3.35. The van der Waals surface area contributed by atoms with Crippen molar-refractivity contribution in [3.63, 3.8) is 0 Å². The molecular formula is C26H18ClIN2O6S. The van der Waals surface area contributed by atoms with Crippen molar-refractivity contribution in [2.24, 2.45) is 0 Å². The molecule has 0 aromatic heterocycles. The van der Waals surface area contributed by atoms with Gasteiger partial charge >= 0.3 is 5.97 Å². The molecule has 0 bridgehead atoms. The number of esters is 1. The van der Waals surface area contributed by atoms with Crippen LogP contribution in [0.1, 0.15) is 15.9 Å². The highest BCUT2D eigenvalue weighted by atomic mass is 127. The summed E-state index contributed by atoms with van der Waals surface area (Å²) in [5.41, 5.74) is 1.31. The molecule has 1 aliphatic heterocycles. The molecule has 4 rings (SSSR count). The van der Waals surface area contributed by atoms with Crippen molar-refractivity contribution >= 4 is 80.7 Å². The van der Waals surface area contributed by atoms with Gasteiger partial charge in [-0.2, -0.15) is 0 Å². The van der Waals surface area contributed by atoms with E-state index in [9.17, 15) is 19.2 Å². The van der Waals surface area contributed by atoms with Gasteiger partial charge in [-0.1, -0.05) is 41.9 Å². The predicted octanol–water partition coefficient (Wildman–Crippen LogP) is 5.85. The number of carbonyl (C=O) groups is 4. The van der Waals surface area contributed by atoms with E-state index in [0.717, 1.165) is 16.7 Å². The SMILES string of the molecule is COc1cc(/C=C2\SC(=O)N(CC(=O)Nc3ccccc3)C2=O)cc(I)c1OC(=O)c1ccccc1Cl. The summed E-state index contributed by atoms with van der Waals surface area (Å²) in [6.45, 7) is -0.408. The Morgan fingerprint density at radius 2 is 1.78 bits per heavy atom. The topological polar surface area (TPSA) is 102 Å². The minimum Gasteiger partial charge on any atom is -0.493 e. The Labute approximate surface area is 235 Å². The fraction of sp³-hybridized carbons (Fsp3) is 0.0769. The summed E-state index contributed by atoms with van der Waals surface area (Å²) in [5, 5.41) is 2.36. The zero-order valence-corrected chi connectivity index (χ0v) is 22.9. The van der Waals surface area contributed by atoms with Crippen LogP contribution in [0.25, 0.3) is 6.08 Å². The summed E-state index contributed by atoms with van der Waals surface area (Å²) in [6.07, 6.45) is 1.52. The Morgan fingerprint density at radius 1 is 1.08 bits per heavy atom. The second-order valence-electron chi connectivity index (χ2n) is 7.59. The minimum atomic E-state index is -0.649. The zero-order valence-electron chi connectivity index (χ0n) is 19.2. The molecule has 1 aliphatic rings. The lowest BCUT2D eigenvalue weighted by atomic mass is 10.1. The maximum Gasteiger partial charge on any atom is 0.345 e. The van der Waals surface area contributed by atoms with Gasteiger partial charge in [-0.15, -0.1) is 0 Å². The van der Waals surface area contributed by atoms with Crippen molar-refractivity contribution in [3.05, 3.63) is 91.4 Å². The van der Waals surface area contributed by atoms with Crippen LogP contribution in [0.3, 0.4) is 0 Å². The monoisotopic (exact) mass is 648 g/mol. The molecule has 0 radical (unpaired) electrons. The molecule has 3 amide bonds. The maximum absolute atomic E-state index is 12.9. The summed E-state index contributed by atoms with van der Waals surface area (Å²) in [6, 6.07) is 18.5. The van der Waals surface area contributed by atoms with Gasteiger partial charge in [0.05, 0.1) is 26.2 Å². The van der Waals surface area contributed by atoms with Crippen molar-refractivity contribution in [2.45, 2.75) is 0 Å². The molecule has 8 nitrogen and oxygen atoms in total. The first-order valence-corrected chi connectivity index (χ1v) is 13.0. The average Bonchev–Trinajstić information content (AvgIpc) is 3.13. The fourth-order valence-corrected chi connectivity index (χ4v) is 5.14. The number of methoxy groups -OCH3 is 1. The lowest BCUT2D eigenvalue weighted by Gasteiger charge is -2.13. The largest absolute Gasteiger partial charge is 0.493 e. The average molecular weight is 649 g/mol. The number of amides is 3. The van der Waals surface area contributed by atoms with E-state index >= 15 is 0 Å². The van der Waals surface area contributed by atoms with E-state index in [0.29, 0.717) is 14.8 Å². The second-order valence-corrected chi connectivity index (χ2v) is 10.1. The van der Waals surface area contributed by atoms with Crippen LogP contribution in [0, 0.1) is 3.57 Å². The predicted molar refractivity (Wildman–Crippen MR) is 150 cm³/mol. The molecule has 1 saturated heterocycles. The summed E-state index contributed by atoms with van der Waals surface area (Å²) >= 11 is 8.81. The number of hydrogen-bond acceptors (Lipinski definition) is 7. The van der Waals surface area contributed by atoms with Crippen LogP contribution in [0.4, 0.5) is 10.5 Å². The normalized spacial score (nSPS) is 14.1. The van der Waals surface area contributed by atoms with Crippen LogP contribution in [0.5, 0.6) is 11.5 Å². The number of rotatable bonds is 7. The molecule has 11 heteroatoms. The van der Waals surface area contributed by atoms with Gasteiger partial charge in [0.25, 0.3) is 11.1 Å². The number of nitrogens with zero attached hydrogens (tertiary/aromatic N) is 1. The van der Waals surface area contributed by atoms with E-state index < -0.39 is 29.6 Å². The standard InChI is InChI=1S/C26H18ClIN2O6S/c1-35-20-12-15(11-19(28)23(20)36-25(33)17-9-5-6-10-18(17)27)13-21-24(32)30(26(34)37-21)14-22(31)29-16-7-3-2-4-8-16/h2-13H,14H2,1H3,(H,29,31)/b21-13-. The van der Waals surface area contributed by atoms with Gasteiger partial charge in [-0.05, 0) is 82.4 Å². The molecule has 0 unspecified atom stereocenters. The smallest absolute Gasteiger partial charge is 0.345 e. The van der Waals surface area contributed by atoms with E-state index in [1.807, 2.05) is 28.7 Å². The lowest BCUT2D eigenvalue weighted by molar-refractivity contribution is -0.127. The van der Waals surface area contributed by atoms with Crippen molar-refractivity contribution in [1.29, 1.82) is 0 Å². The molecule has 1 heterocycles. The Morgan fingerprint density at radius 3 is 2.49 bits per heavy atom. The molecule has 1 fully saturated rings. The van der Waals surface area contributed by atoms with E-state index in [4.69, 9.17) is 21.1 Å². The number of para-hydroxylation sites is 1. The first-order valence-electron chi connectivity index (χ1n) is 10.7. The number of ether oxygens (including phenoxy) is 2. The van der Waals surface area contributed by atoms with E-state index in [1.165, 1.54) is 13.2 Å². The van der Waals surface area contributed by atoms with Gasteiger partial charge in [0.15, 0.2) is 11.5 Å². The Balaban J connectivity index is 1.51. The van der Waals surface area contributed by atoms with E-state index in [-0.39, 0.29) is 27.0 Å². The Bertz CT molecular complexity index is 1430. The molecule has 0 atom stereocenters. The van der Waals surface area contributed by atoms with Gasteiger partial charge in [0, 0.05) is 5.69 Å². The van der Waals surface area contributed by atoms with Gasteiger partial charge < -0.3 is 14.8 Å². The fourth-order valence-electron chi connectivity index (χ4n) is 3.35. The number of thioether (sulfide) groups is 1. The number of benzene rings is 3. The highest BCUT2D eigenvalue weighted by Gasteiger charge is 2.36. The van der Waals surface area contributed by atoms with Gasteiger partial charge in [0.1, 0.15) is 6.54 Å². The highest BCUT2D eigenvalue weighted by molar-refractivity contribution is 14.1. The number of nitrogens with one attached hydrogen (secondary N) is 1. The van der Waals surface area contributed by atoms with Crippen LogP contribution in [0.2, 0.25) is 5.02 Å². The number of imide groups is 1. The third kappa shape index (κ3) is 6.32. The van der Waals surface area contributed by atoms with E-state index in [1.54, 1.807) is 60.7 Å². The quantitative estimate of drug-likeness (QED) is 0.149.